The van der Waals surface area contributed by atoms with E-state index >= 15 is 0 Å². The zero-order chi connectivity index (χ0) is 21.9. The predicted molar refractivity (Wildman–Crippen MR) is 114 cm³/mol. The van der Waals surface area contributed by atoms with Crippen molar-refractivity contribution < 1.29 is 22.7 Å². The van der Waals surface area contributed by atoms with E-state index in [1.807, 2.05) is 19.1 Å². The van der Waals surface area contributed by atoms with Gasteiger partial charge in [-0.25, -0.2) is 17.9 Å². The van der Waals surface area contributed by atoms with Crippen molar-refractivity contribution in [3.8, 4) is 0 Å². The van der Waals surface area contributed by atoms with E-state index < -0.39 is 15.8 Å². The maximum absolute atomic E-state index is 12.1. The van der Waals surface area contributed by atoms with E-state index in [1.165, 1.54) is 16.8 Å². The Balaban J connectivity index is 1.61. The van der Waals surface area contributed by atoms with Crippen LogP contribution in [-0.4, -0.2) is 48.1 Å². The monoisotopic (exact) mass is 450 g/mol. The summed E-state index contributed by atoms with van der Waals surface area (Å²) in [6.07, 6.45) is 3.98. The van der Waals surface area contributed by atoms with Crippen LogP contribution in [0.1, 0.15) is 46.6 Å². The lowest BCUT2D eigenvalue weighted by molar-refractivity contribution is -0.136. The molecule has 0 amide bonds. The van der Waals surface area contributed by atoms with Gasteiger partial charge in [-0.3, -0.25) is 4.79 Å². The molecule has 1 saturated heterocycles. The van der Waals surface area contributed by atoms with Crippen molar-refractivity contribution in [2.75, 3.05) is 18.1 Å². The normalized spacial score (nSPS) is 18.0. The van der Waals surface area contributed by atoms with Gasteiger partial charge in [0, 0.05) is 17.2 Å². The van der Waals surface area contributed by atoms with Crippen LogP contribution in [0.15, 0.2) is 30.3 Å². The molecule has 0 saturated carbocycles. The van der Waals surface area contributed by atoms with Gasteiger partial charge in [0.25, 0.3) is 0 Å². The van der Waals surface area contributed by atoms with E-state index in [2.05, 4.69) is 5.10 Å². The van der Waals surface area contributed by atoms with Crippen molar-refractivity contribution in [1.29, 1.82) is 0 Å². The summed E-state index contributed by atoms with van der Waals surface area (Å²) in [7, 11) is -3.08. The number of aryl methyl sites for hydroxylation is 2. The average molecular weight is 451 g/mol. The van der Waals surface area contributed by atoms with Gasteiger partial charge in [-0.05, 0) is 31.4 Å². The van der Waals surface area contributed by atoms with Crippen LogP contribution in [-0.2, 0) is 25.8 Å². The molecule has 0 bridgehead atoms. The van der Waals surface area contributed by atoms with Crippen molar-refractivity contribution >= 4 is 39.3 Å². The molecular weight excluding hydrogens is 428 g/mol. The molecule has 0 unspecified atom stereocenters. The van der Waals surface area contributed by atoms with Gasteiger partial charge < -0.3 is 4.74 Å². The standard InChI is InChI=1S/C21H23ClN2O5S/c1-3-15-4-6-16(7-5-15)19(25)12-29-20(26)9-8-18-14(2)23-24(21(18)22)17-10-11-30(27,28)13-17/h4-9,17H,3,10-13H2,1-2H3/b9-8+/t17-/m1/s1. The van der Waals surface area contributed by atoms with Crippen LogP contribution in [0.5, 0.6) is 0 Å². The quantitative estimate of drug-likeness (QED) is 0.365. The summed E-state index contributed by atoms with van der Waals surface area (Å²) in [4.78, 5) is 24.2. The Labute approximate surface area is 180 Å². The second-order valence-electron chi connectivity index (χ2n) is 7.21. The van der Waals surface area contributed by atoms with Crippen LogP contribution in [0.4, 0.5) is 0 Å². The molecule has 0 N–H and O–H groups in total. The molecule has 160 valence electrons. The van der Waals surface area contributed by atoms with Crippen molar-refractivity contribution in [2.45, 2.75) is 32.7 Å². The first kappa shape index (κ1) is 22.2. The van der Waals surface area contributed by atoms with Crippen molar-refractivity contribution in [3.63, 3.8) is 0 Å². The van der Waals surface area contributed by atoms with Gasteiger partial charge in [0.05, 0.1) is 23.2 Å². The van der Waals surface area contributed by atoms with Gasteiger partial charge in [-0.15, -0.1) is 0 Å². The highest BCUT2D eigenvalue weighted by atomic mass is 35.5. The van der Waals surface area contributed by atoms with Gasteiger partial charge in [0.2, 0.25) is 0 Å². The zero-order valence-electron chi connectivity index (χ0n) is 16.8. The first-order chi connectivity index (χ1) is 14.2. The summed E-state index contributed by atoms with van der Waals surface area (Å²) in [5, 5.41) is 4.60. The molecule has 0 aliphatic carbocycles. The summed E-state index contributed by atoms with van der Waals surface area (Å²) < 4.78 is 29.9. The van der Waals surface area contributed by atoms with E-state index in [0.717, 1.165) is 12.0 Å². The Bertz CT molecular complexity index is 1090. The van der Waals surface area contributed by atoms with Crippen molar-refractivity contribution in [1.82, 2.24) is 9.78 Å². The van der Waals surface area contributed by atoms with E-state index in [4.69, 9.17) is 16.3 Å². The number of ketones is 1. The van der Waals surface area contributed by atoms with Gasteiger partial charge in [0.15, 0.2) is 22.2 Å². The molecule has 1 aromatic heterocycles. The Kier molecular flexibility index (Phi) is 6.77. The highest BCUT2D eigenvalue weighted by molar-refractivity contribution is 7.91. The van der Waals surface area contributed by atoms with E-state index in [1.54, 1.807) is 19.1 Å². The molecule has 0 spiro atoms. The number of aromatic nitrogens is 2. The second kappa shape index (κ2) is 9.14. The third-order valence-corrected chi connectivity index (χ3v) is 7.17. The maximum Gasteiger partial charge on any atom is 0.331 e. The van der Waals surface area contributed by atoms with Gasteiger partial charge in [-0.2, -0.15) is 5.10 Å². The first-order valence-electron chi connectivity index (χ1n) is 9.62. The fourth-order valence-electron chi connectivity index (χ4n) is 3.28. The number of carbonyl (C=O) groups is 2. The molecule has 1 atom stereocenters. The minimum Gasteiger partial charge on any atom is -0.454 e. The molecule has 1 fully saturated rings. The van der Waals surface area contributed by atoms with Crippen LogP contribution in [0.25, 0.3) is 6.08 Å². The molecule has 7 nitrogen and oxygen atoms in total. The van der Waals surface area contributed by atoms with Crippen molar-refractivity contribution in [3.05, 3.63) is 57.9 Å². The minimum absolute atomic E-state index is 0.000380. The first-order valence-corrected chi connectivity index (χ1v) is 11.8. The minimum atomic E-state index is -3.08. The molecule has 2 heterocycles. The second-order valence-corrected chi connectivity index (χ2v) is 9.79. The number of rotatable bonds is 7. The summed E-state index contributed by atoms with van der Waals surface area (Å²) in [6, 6.07) is 6.85. The fourth-order valence-corrected chi connectivity index (χ4v) is 5.34. The average Bonchev–Trinajstić information content (AvgIpc) is 3.22. The molecule has 0 radical (unpaired) electrons. The number of ether oxygens (including phenoxy) is 1. The van der Waals surface area contributed by atoms with Gasteiger partial charge in [-0.1, -0.05) is 42.8 Å². The predicted octanol–water partition coefficient (Wildman–Crippen LogP) is 3.21. The number of halogens is 1. The highest BCUT2D eigenvalue weighted by Gasteiger charge is 2.31. The molecule has 1 aliphatic heterocycles. The SMILES string of the molecule is CCc1ccc(C(=O)COC(=O)/C=C/c2c(C)nn([C@@H]3CCS(=O)(=O)C3)c2Cl)cc1. The summed E-state index contributed by atoms with van der Waals surface area (Å²) in [6.45, 7) is 3.39. The molecule has 1 aliphatic rings. The lowest BCUT2D eigenvalue weighted by Crippen LogP contribution is -2.12. The van der Waals surface area contributed by atoms with Crippen LogP contribution in [0.2, 0.25) is 5.15 Å². The largest absolute Gasteiger partial charge is 0.454 e. The van der Waals surface area contributed by atoms with E-state index in [0.29, 0.717) is 23.2 Å². The lowest BCUT2D eigenvalue weighted by atomic mass is 10.1. The number of nitrogens with zero attached hydrogens (tertiary/aromatic N) is 2. The lowest BCUT2D eigenvalue weighted by Gasteiger charge is -2.09. The number of hydrogen-bond acceptors (Lipinski definition) is 6. The van der Waals surface area contributed by atoms with Crippen molar-refractivity contribution in [2.24, 2.45) is 0 Å². The third kappa shape index (κ3) is 5.17. The summed E-state index contributed by atoms with van der Waals surface area (Å²) >= 11 is 6.37. The molecule has 3 rings (SSSR count). The van der Waals surface area contributed by atoms with Gasteiger partial charge >= 0.3 is 5.97 Å². The highest BCUT2D eigenvalue weighted by Crippen LogP contribution is 2.30. The number of esters is 1. The number of benzene rings is 1. The summed E-state index contributed by atoms with van der Waals surface area (Å²) in [5.41, 5.74) is 2.69. The van der Waals surface area contributed by atoms with Crippen LogP contribution in [0.3, 0.4) is 0 Å². The molecule has 9 heteroatoms. The number of sulfone groups is 1. The van der Waals surface area contributed by atoms with Crippen LogP contribution in [0, 0.1) is 6.92 Å². The van der Waals surface area contributed by atoms with E-state index in [9.17, 15) is 18.0 Å². The topological polar surface area (TPSA) is 95.3 Å². The smallest absolute Gasteiger partial charge is 0.331 e. The molecule has 2 aromatic rings. The molecule has 30 heavy (non-hydrogen) atoms. The fraction of sp³-hybridized carbons (Fsp3) is 0.381. The molecular formula is C21H23ClN2O5S. The number of carbonyl (C=O) groups excluding carboxylic acids is 2. The Morgan fingerprint density at radius 2 is 2.00 bits per heavy atom. The number of Topliss-reactive ketones (excluding diaryl/α,β-unsaturated/α-hetero) is 1. The molecule has 1 aromatic carbocycles. The zero-order valence-corrected chi connectivity index (χ0v) is 18.4. The Morgan fingerprint density at radius 3 is 2.60 bits per heavy atom. The van der Waals surface area contributed by atoms with Crippen LogP contribution < -0.4 is 0 Å². The summed E-state index contributed by atoms with van der Waals surface area (Å²) in [5.74, 6) is -0.857. The van der Waals surface area contributed by atoms with E-state index in [-0.39, 0.29) is 35.1 Å². The van der Waals surface area contributed by atoms with Gasteiger partial charge in [0.1, 0.15) is 5.15 Å². The Hall–Kier alpha value is -2.45. The Morgan fingerprint density at radius 1 is 1.30 bits per heavy atom. The third-order valence-electron chi connectivity index (χ3n) is 5.04. The maximum atomic E-state index is 12.1. The van der Waals surface area contributed by atoms with Crippen LogP contribution >= 0.6 is 11.6 Å². The number of hydrogen-bond donors (Lipinski definition) is 0.